The zero-order chi connectivity index (χ0) is 17.9. The first-order chi connectivity index (χ1) is 11.3. The van der Waals surface area contributed by atoms with E-state index in [1.165, 1.54) is 36.4 Å². The van der Waals surface area contributed by atoms with Gasteiger partial charge in [-0.2, -0.15) is 0 Å². The molecule has 0 radical (unpaired) electrons. The van der Waals surface area contributed by atoms with Gasteiger partial charge in [-0.1, -0.05) is 27.7 Å². The smallest absolute Gasteiger partial charge is 0.193 e. The lowest BCUT2D eigenvalue weighted by Gasteiger charge is -2.15. The van der Waals surface area contributed by atoms with Crippen molar-refractivity contribution in [3.63, 3.8) is 0 Å². The number of carbonyl (C=O) groups excluding carboxylic acids is 1. The molecular formula is C21H24F2O. The Morgan fingerprint density at radius 2 is 1.17 bits per heavy atom. The van der Waals surface area contributed by atoms with Gasteiger partial charge in [-0.3, -0.25) is 4.79 Å². The third-order valence-electron chi connectivity index (χ3n) is 3.88. The standard InChI is InChI=1S/C21H24F2O/c1-13(2)9-15-11-17(22)5-7-19(15)21(24)20-8-6-18(23)12-16(20)10-14(3)4/h5-8,11-14H,9-10H2,1-4H3. The van der Waals surface area contributed by atoms with Crippen molar-refractivity contribution in [3.05, 3.63) is 70.3 Å². The highest BCUT2D eigenvalue weighted by molar-refractivity contribution is 6.10. The number of ketones is 1. The Bertz CT molecular complexity index is 671. The highest BCUT2D eigenvalue weighted by Gasteiger charge is 2.19. The summed E-state index contributed by atoms with van der Waals surface area (Å²) >= 11 is 0. The van der Waals surface area contributed by atoms with Crippen molar-refractivity contribution in [2.75, 3.05) is 0 Å². The lowest BCUT2D eigenvalue weighted by Crippen LogP contribution is -2.12. The molecule has 2 rings (SSSR count). The van der Waals surface area contributed by atoms with Gasteiger partial charge in [-0.25, -0.2) is 8.78 Å². The van der Waals surface area contributed by atoms with E-state index in [0.717, 1.165) is 0 Å². The van der Waals surface area contributed by atoms with Crippen molar-refractivity contribution in [1.82, 2.24) is 0 Å². The molecule has 0 unspecified atom stereocenters. The van der Waals surface area contributed by atoms with E-state index in [4.69, 9.17) is 0 Å². The van der Waals surface area contributed by atoms with Gasteiger partial charge in [0.15, 0.2) is 5.78 Å². The zero-order valence-electron chi connectivity index (χ0n) is 14.7. The van der Waals surface area contributed by atoms with Gasteiger partial charge in [-0.15, -0.1) is 0 Å². The van der Waals surface area contributed by atoms with Gasteiger partial charge < -0.3 is 0 Å². The lowest BCUT2D eigenvalue weighted by molar-refractivity contribution is 0.103. The maximum Gasteiger partial charge on any atom is 0.193 e. The van der Waals surface area contributed by atoms with Gasteiger partial charge in [0.2, 0.25) is 0 Å². The fraction of sp³-hybridized carbons (Fsp3) is 0.381. The first kappa shape index (κ1) is 18.3. The minimum absolute atomic E-state index is 0.165. The molecule has 0 amide bonds. The molecule has 3 heteroatoms. The topological polar surface area (TPSA) is 17.1 Å². The molecule has 24 heavy (non-hydrogen) atoms. The highest BCUT2D eigenvalue weighted by atomic mass is 19.1. The van der Waals surface area contributed by atoms with Gasteiger partial charge in [0, 0.05) is 11.1 Å². The fourth-order valence-corrected chi connectivity index (χ4v) is 2.93. The molecule has 0 atom stereocenters. The van der Waals surface area contributed by atoms with Crippen LogP contribution in [0.25, 0.3) is 0 Å². The molecule has 0 aliphatic rings. The first-order valence-corrected chi connectivity index (χ1v) is 8.39. The summed E-state index contributed by atoms with van der Waals surface area (Å²) < 4.78 is 27.2. The molecule has 0 aliphatic carbocycles. The zero-order valence-corrected chi connectivity index (χ0v) is 14.7. The van der Waals surface area contributed by atoms with Gasteiger partial charge in [0.1, 0.15) is 11.6 Å². The molecule has 0 aromatic heterocycles. The van der Waals surface area contributed by atoms with Crippen molar-refractivity contribution >= 4 is 5.78 Å². The van der Waals surface area contributed by atoms with Crippen LogP contribution in [-0.4, -0.2) is 5.78 Å². The summed E-state index contributed by atoms with van der Waals surface area (Å²) in [5.41, 5.74) is 2.41. The van der Waals surface area contributed by atoms with Crippen LogP contribution in [0.2, 0.25) is 0 Å². The summed E-state index contributed by atoms with van der Waals surface area (Å²) in [6, 6.07) is 8.55. The van der Waals surface area contributed by atoms with E-state index in [9.17, 15) is 13.6 Å². The molecule has 0 fully saturated rings. The Kier molecular flexibility index (Phi) is 5.87. The Labute approximate surface area is 142 Å². The minimum Gasteiger partial charge on any atom is -0.289 e. The molecule has 0 N–H and O–H groups in total. The van der Waals surface area contributed by atoms with Crippen molar-refractivity contribution in [1.29, 1.82) is 0 Å². The molecule has 2 aromatic carbocycles. The fourth-order valence-electron chi connectivity index (χ4n) is 2.93. The van der Waals surface area contributed by atoms with E-state index in [1.807, 2.05) is 27.7 Å². The predicted octanol–water partition coefficient (Wildman–Crippen LogP) is 5.59. The molecule has 0 aliphatic heterocycles. The predicted molar refractivity (Wildman–Crippen MR) is 93.3 cm³/mol. The number of benzene rings is 2. The molecule has 0 bridgehead atoms. The van der Waals surface area contributed by atoms with E-state index in [2.05, 4.69) is 0 Å². The molecule has 0 saturated carbocycles. The number of halogens is 2. The van der Waals surface area contributed by atoms with Crippen LogP contribution in [0.15, 0.2) is 36.4 Å². The van der Waals surface area contributed by atoms with Gasteiger partial charge in [0.25, 0.3) is 0 Å². The summed E-state index contributed by atoms with van der Waals surface area (Å²) in [5, 5.41) is 0. The quantitative estimate of drug-likeness (QED) is 0.631. The molecule has 1 nitrogen and oxygen atoms in total. The number of carbonyl (C=O) groups is 1. The average molecular weight is 330 g/mol. The average Bonchev–Trinajstić information content (AvgIpc) is 2.45. The van der Waals surface area contributed by atoms with Gasteiger partial charge in [-0.05, 0) is 72.2 Å². The maximum atomic E-state index is 13.6. The first-order valence-electron chi connectivity index (χ1n) is 8.39. The van der Waals surface area contributed by atoms with Crippen LogP contribution in [0.3, 0.4) is 0 Å². The second-order valence-electron chi connectivity index (χ2n) is 7.13. The Morgan fingerprint density at radius 3 is 1.50 bits per heavy atom. The summed E-state index contributed by atoms with van der Waals surface area (Å²) in [5.74, 6) is -0.239. The second kappa shape index (κ2) is 7.69. The lowest BCUT2D eigenvalue weighted by atomic mass is 9.89. The van der Waals surface area contributed by atoms with Crippen LogP contribution in [-0.2, 0) is 12.8 Å². The third kappa shape index (κ3) is 4.50. The van der Waals surface area contributed by atoms with Crippen LogP contribution in [0, 0.1) is 23.5 Å². The number of rotatable bonds is 6. The second-order valence-corrected chi connectivity index (χ2v) is 7.13. The third-order valence-corrected chi connectivity index (χ3v) is 3.88. The molecule has 0 saturated heterocycles. The Hall–Kier alpha value is -2.03. The van der Waals surface area contributed by atoms with Crippen LogP contribution in [0.4, 0.5) is 8.78 Å². The summed E-state index contributed by atoms with van der Waals surface area (Å²) in [6.07, 6.45) is 1.25. The van der Waals surface area contributed by atoms with Crippen molar-refractivity contribution in [3.8, 4) is 0 Å². The maximum absolute atomic E-state index is 13.6. The van der Waals surface area contributed by atoms with E-state index < -0.39 is 0 Å². The van der Waals surface area contributed by atoms with Crippen LogP contribution >= 0.6 is 0 Å². The monoisotopic (exact) mass is 330 g/mol. The number of hydrogen-bond acceptors (Lipinski definition) is 1. The summed E-state index contributed by atoms with van der Waals surface area (Å²) in [7, 11) is 0. The Balaban J connectivity index is 2.49. The summed E-state index contributed by atoms with van der Waals surface area (Å²) in [4.78, 5) is 13.0. The van der Waals surface area contributed by atoms with Crippen molar-refractivity contribution < 1.29 is 13.6 Å². The SMILES string of the molecule is CC(C)Cc1cc(F)ccc1C(=O)c1ccc(F)cc1CC(C)C. The van der Waals surface area contributed by atoms with E-state index in [0.29, 0.717) is 46.9 Å². The minimum atomic E-state index is -0.344. The Morgan fingerprint density at radius 1 is 0.792 bits per heavy atom. The van der Waals surface area contributed by atoms with E-state index >= 15 is 0 Å². The van der Waals surface area contributed by atoms with Crippen molar-refractivity contribution in [2.45, 2.75) is 40.5 Å². The highest BCUT2D eigenvalue weighted by Crippen LogP contribution is 2.23. The normalized spacial score (nSPS) is 11.3. The molecule has 2 aromatic rings. The van der Waals surface area contributed by atoms with E-state index in [-0.39, 0.29) is 17.4 Å². The van der Waals surface area contributed by atoms with Crippen LogP contribution in [0.5, 0.6) is 0 Å². The van der Waals surface area contributed by atoms with E-state index in [1.54, 1.807) is 0 Å². The number of hydrogen-bond donors (Lipinski definition) is 0. The van der Waals surface area contributed by atoms with Crippen LogP contribution in [0.1, 0.15) is 54.7 Å². The molecular weight excluding hydrogens is 306 g/mol. The van der Waals surface area contributed by atoms with Crippen molar-refractivity contribution in [2.24, 2.45) is 11.8 Å². The summed E-state index contributed by atoms with van der Waals surface area (Å²) in [6.45, 7) is 8.12. The molecule has 0 spiro atoms. The van der Waals surface area contributed by atoms with Crippen LogP contribution < -0.4 is 0 Å². The molecule has 128 valence electrons. The largest absolute Gasteiger partial charge is 0.289 e. The van der Waals surface area contributed by atoms with Gasteiger partial charge in [0.05, 0.1) is 0 Å². The van der Waals surface area contributed by atoms with Gasteiger partial charge >= 0.3 is 0 Å². The molecule has 0 heterocycles.